The Morgan fingerprint density at radius 3 is 2.81 bits per heavy atom. The number of sulfonamides is 1. The van der Waals surface area contributed by atoms with Gasteiger partial charge in [-0.2, -0.15) is 9.29 Å². The molecule has 3 aromatic rings. The van der Waals surface area contributed by atoms with Gasteiger partial charge in [-0.3, -0.25) is 4.79 Å². The lowest BCUT2D eigenvalue weighted by atomic mass is 9.98. The van der Waals surface area contributed by atoms with E-state index in [0.717, 1.165) is 23.5 Å². The summed E-state index contributed by atoms with van der Waals surface area (Å²) >= 11 is 1.04. The van der Waals surface area contributed by atoms with Crippen LogP contribution in [0.25, 0.3) is 11.4 Å². The summed E-state index contributed by atoms with van der Waals surface area (Å²) in [6.07, 6.45) is 0.983. The molecule has 3 heterocycles. The highest BCUT2D eigenvalue weighted by molar-refractivity contribution is 7.91. The maximum atomic E-state index is 13.4. The number of carbonyl (C=O) groups is 1. The first kappa shape index (κ1) is 21.5. The monoisotopic (exact) mass is 468 g/mol. The first-order chi connectivity index (χ1) is 14.7. The number of anilines is 1. The smallest absolute Gasteiger partial charge is 0.252 e. The van der Waals surface area contributed by atoms with Crippen molar-refractivity contribution in [3.63, 3.8) is 0 Å². The zero-order valence-electron chi connectivity index (χ0n) is 16.3. The third-order valence-corrected chi connectivity index (χ3v) is 8.18. The Labute approximate surface area is 180 Å². The van der Waals surface area contributed by atoms with Gasteiger partial charge in [0.25, 0.3) is 10.0 Å². The first-order valence-corrected chi connectivity index (χ1v) is 11.7. The molecule has 31 heavy (non-hydrogen) atoms. The predicted molar refractivity (Wildman–Crippen MR) is 109 cm³/mol. The Hall–Kier alpha value is -2.70. The largest absolute Gasteiger partial charge is 0.339 e. The molecule has 0 bridgehead atoms. The molecule has 0 spiro atoms. The number of halogens is 2. The van der Waals surface area contributed by atoms with E-state index >= 15 is 0 Å². The Kier molecular flexibility index (Phi) is 5.86. The van der Waals surface area contributed by atoms with Crippen LogP contribution in [0.1, 0.15) is 18.7 Å². The molecule has 1 fully saturated rings. The Morgan fingerprint density at radius 2 is 2.10 bits per heavy atom. The number of thiophene rings is 1. The molecule has 164 valence electrons. The molecule has 1 saturated heterocycles. The lowest BCUT2D eigenvalue weighted by Crippen LogP contribution is -2.43. The third-order valence-electron chi connectivity index (χ3n) is 4.90. The average Bonchev–Trinajstić information content (AvgIpc) is 3.40. The number of rotatable bonds is 5. The van der Waals surface area contributed by atoms with Gasteiger partial charge in [-0.25, -0.2) is 17.2 Å². The molecule has 0 radical (unpaired) electrons. The summed E-state index contributed by atoms with van der Waals surface area (Å²) in [6, 6.07) is 4.54. The van der Waals surface area contributed by atoms with Crippen LogP contribution in [0.3, 0.4) is 0 Å². The number of hydrogen-bond acceptors (Lipinski definition) is 7. The molecule has 2 aromatic heterocycles. The molecule has 1 atom stereocenters. The molecule has 8 nitrogen and oxygen atoms in total. The van der Waals surface area contributed by atoms with Gasteiger partial charge < -0.3 is 9.84 Å². The van der Waals surface area contributed by atoms with Crippen molar-refractivity contribution in [3.8, 4) is 11.4 Å². The van der Waals surface area contributed by atoms with Crippen LogP contribution >= 0.6 is 11.3 Å². The molecule has 1 aromatic carbocycles. The van der Waals surface area contributed by atoms with E-state index in [0.29, 0.717) is 30.1 Å². The standard InChI is InChI=1S/C19H18F2N4O4S2/c1-11-22-18(24-29-11)13-7-17(30-10-13)31(27,28)25-6-2-3-12(9-25)19(26)23-14-4-5-15(20)16(21)8-14/h4-5,7-8,10,12H,2-3,6,9H2,1H3,(H,23,26)/t12-/m0/s1. The third kappa shape index (κ3) is 4.50. The van der Waals surface area contributed by atoms with Gasteiger partial charge in [-0.05, 0) is 31.0 Å². The molecule has 1 aliphatic heterocycles. The van der Waals surface area contributed by atoms with Crippen LogP contribution in [0.15, 0.2) is 38.4 Å². The highest BCUT2D eigenvalue weighted by atomic mass is 32.2. The molecule has 1 amide bonds. The van der Waals surface area contributed by atoms with Gasteiger partial charge in [0.1, 0.15) is 4.21 Å². The van der Waals surface area contributed by atoms with Crippen LogP contribution in [-0.4, -0.2) is 41.9 Å². The van der Waals surface area contributed by atoms with E-state index in [1.165, 1.54) is 16.4 Å². The van der Waals surface area contributed by atoms with Crippen molar-refractivity contribution in [3.05, 3.63) is 47.2 Å². The highest BCUT2D eigenvalue weighted by Gasteiger charge is 2.34. The number of carbonyl (C=O) groups excluding carboxylic acids is 1. The fourth-order valence-corrected chi connectivity index (χ4v) is 6.14. The molecular weight excluding hydrogens is 450 g/mol. The minimum Gasteiger partial charge on any atom is -0.339 e. The summed E-state index contributed by atoms with van der Waals surface area (Å²) in [6.45, 7) is 1.91. The summed E-state index contributed by atoms with van der Waals surface area (Å²) in [4.78, 5) is 16.7. The van der Waals surface area contributed by atoms with Crippen molar-refractivity contribution >= 4 is 33.0 Å². The highest BCUT2D eigenvalue weighted by Crippen LogP contribution is 2.31. The van der Waals surface area contributed by atoms with Gasteiger partial charge in [-0.1, -0.05) is 5.16 Å². The van der Waals surface area contributed by atoms with Crippen LogP contribution in [0.5, 0.6) is 0 Å². The minimum absolute atomic E-state index is 0.00754. The average molecular weight is 469 g/mol. The molecular formula is C19H18F2N4O4S2. The molecule has 0 aliphatic carbocycles. The van der Waals surface area contributed by atoms with Gasteiger partial charge in [0.15, 0.2) is 11.6 Å². The summed E-state index contributed by atoms with van der Waals surface area (Å²) in [5.41, 5.74) is 0.646. The van der Waals surface area contributed by atoms with Crippen molar-refractivity contribution in [2.24, 2.45) is 5.92 Å². The number of amides is 1. The van der Waals surface area contributed by atoms with E-state index in [1.54, 1.807) is 12.3 Å². The van der Waals surface area contributed by atoms with E-state index in [2.05, 4.69) is 15.5 Å². The van der Waals surface area contributed by atoms with E-state index in [-0.39, 0.29) is 23.0 Å². The lowest BCUT2D eigenvalue weighted by Gasteiger charge is -2.30. The van der Waals surface area contributed by atoms with Crippen LogP contribution in [0, 0.1) is 24.5 Å². The predicted octanol–water partition coefficient (Wildman–Crippen LogP) is 3.42. The van der Waals surface area contributed by atoms with Crippen LogP contribution in [0.2, 0.25) is 0 Å². The van der Waals surface area contributed by atoms with Crippen molar-refractivity contribution in [1.82, 2.24) is 14.4 Å². The number of piperidine rings is 1. The summed E-state index contributed by atoms with van der Waals surface area (Å²) in [5, 5.41) is 7.95. The number of aryl methyl sites for hydroxylation is 1. The minimum atomic E-state index is -3.82. The Morgan fingerprint density at radius 1 is 1.29 bits per heavy atom. The van der Waals surface area contributed by atoms with Gasteiger partial charge in [0.2, 0.25) is 17.6 Å². The van der Waals surface area contributed by atoms with Crippen LogP contribution in [-0.2, 0) is 14.8 Å². The zero-order valence-corrected chi connectivity index (χ0v) is 18.0. The number of benzene rings is 1. The zero-order chi connectivity index (χ0) is 22.2. The maximum absolute atomic E-state index is 13.4. The van der Waals surface area contributed by atoms with Gasteiger partial charge in [0.05, 0.1) is 5.92 Å². The van der Waals surface area contributed by atoms with Gasteiger partial charge in [0, 0.05) is 42.7 Å². The van der Waals surface area contributed by atoms with Crippen molar-refractivity contribution in [2.75, 3.05) is 18.4 Å². The van der Waals surface area contributed by atoms with Crippen molar-refractivity contribution in [2.45, 2.75) is 24.0 Å². The van der Waals surface area contributed by atoms with E-state index in [1.807, 2.05) is 0 Å². The maximum Gasteiger partial charge on any atom is 0.252 e. The molecule has 1 aliphatic rings. The molecule has 0 saturated carbocycles. The van der Waals surface area contributed by atoms with Crippen molar-refractivity contribution < 1.29 is 26.5 Å². The molecule has 4 rings (SSSR count). The first-order valence-electron chi connectivity index (χ1n) is 9.39. The quantitative estimate of drug-likeness (QED) is 0.615. The lowest BCUT2D eigenvalue weighted by molar-refractivity contribution is -0.120. The number of nitrogens with zero attached hydrogens (tertiary/aromatic N) is 3. The fourth-order valence-electron chi connectivity index (χ4n) is 3.31. The second-order valence-corrected chi connectivity index (χ2v) is 10.2. The van der Waals surface area contributed by atoms with Crippen molar-refractivity contribution in [1.29, 1.82) is 0 Å². The van der Waals surface area contributed by atoms with E-state index in [4.69, 9.17) is 4.52 Å². The van der Waals surface area contributed by atoms with Crippen LogP contribution < -0.4 is 5.32 Å². The number of hydrogen-bond donors (Lipinski definition) is 1. The molecule has 12 heteroatoms. The number of nitrogens with one attached hydrogen (secondary N) is 1. The van der Waals surface area contributed by atoms with E-state index < -0.39 is 33.5 Å². The Bertz CT molecular complexity index is 1230. The SMILES string of the molecule is Cc1nc(-c2csc(S(=O)(=O)N3CCC[C@H](C(=O)Nc4ccc(F)c(F)c4)C3)c2)no1. The summed E-state index contributed by atoms with van der Waals surface area (Å²) in [7, 11) is -3.82. The van der Waals surface area contributed by atoms with Gasteiger partial charge >= 0.3 is 0 Å². The Balaban J connectivity index is 1.47. The number of aromatic nitrogens is 2. The normalized spacial score (nSPS) is 17.6. The second-order valence-electron chi connectivity index (χ2n) is 7.11. The molecule has 1 N–H and O–H groups in total. The summed E-state index contributed by atoms with van der Waals surface area (Å²) < 4.78 is 59.0. The van der Waals surface area contributed by atoms with Crippen LogP contribution in [0.4, 0.5) is 14.5 Å². The second kappa shape index (κ2) is 8.44. The van der Waals surface area contributed by atoms with Gasteiger partial charge in [-0.15, -0.1) is 11.3 Å². The topological polar surface area (TPSA) is 105 Å². The molecule has 0 unspecified atom stereocenters. The summed E-state index contributed by atoms with van der Waals surface area (Å²) in [5.74, 6) is -2.47. The fraction of sp³-hybridized carbons (Fsp3) is 0.316. The van der Waals surface area contributed by atoms with E-state index in [9.17, 15) is 22.0 Å².